The molecule has 11 nitrogen and oxygen atoms in total. The molecule has 3 heterocycles. The van der Waals surface area contributed by atoms with Gasteiger partial charge in [0.25, 0.3) is 5.91 Å². The van der Waals surface area contributed by atoms with Crippen LogP contribution in [0.2, 0.25) is 5.02 Å². The molecule has 182 valence electrons. The Labute approximate surface area is 205 Å². The normalized spacial score (nSPS) is 14.0. The lowest BCUT2D eigenvalue weighted by molar-refractivity contribution is -0.136. The number of carbonyl (C=O) groups is 4. The molecule has 1 aliphatic rings. The highest BCUT2D eigenvalue weighted by atomic mass is 35.5. The minimum absolute atomic E-state index is 0.0754. The van der Waals surface area contributed by atoms with E-state index in [-0.39, 0.29) is 24.7 Å². The average Bonchev–Trinajstić information content (AvgIpc) is 3.22. The van der Waals surface area contributed by atoms with E-state index in [0.717, 1.165) is 30.1 Å². The molecule has 2 aromatic rings. The van der Waals surface area contributed by atoms with Crippen LogP contribution < -0.4 is 21.3 Å². The minimum Gasteiger partial charge on any atom is -0.356 e. The summed E-state index contributed by atoms with van der Waals surface area (Å²) in [5.41, 5.74) is 0.911. The second-order valence-corrected chi connectivity index (χ2v) is 9.25. The summed E-state index contributed by atoms with van der Waals surface area (Å²) < 4.78 is 0. The zero-order chi connectivity index (χ0) is 24.7. The first-order chi connectivity index (χ1) is 16.2. The van der Waals surface area contributed by atoms with E-state index in [1.165, 1.54) is 29.7 Å². The predicted octanol–water partition coefficient (Wildman–Crippen LogP) is 0.559. The van der Waals surface area contributed by atoms with E-state index >= 15 is 0 Å². The fraction of sp³-hybridized carbons (Fsp3) is 0.429. The second-order valence-electron chi connectivity index (χ2n) is 7.73. The lowest BCUT2D eigenvalue weighted by atomic mass is 10.2. The molecule has 4 amide bonds. The Morgan fingerprint density at radius 3 is 2.71 bits per heavy atom. The number of pyridine rings is 1. The van der Waals surface area contributed by atoms with Crippen molar-refractivity contribution in [1.29, 1.82) is 0 Å². The van der Waals surface area contributed by atoms with Gasteiger partial charge >= 0.3 is 11.8 Å². The van der Waals surface area contributed by atoms with Crippen LogP contribution in [0.5, 0.6) is 0 Å². The minimum atomic E-state index is -0.936. The topological polar surface area (TPSA) is 145 Å². The van der Waals surface area contributed by atoms with Gasteiger partial charge in [-0.3, -0.25) is 19.2 Å². The summed E-state index contributed by atoms with van der Waals surface area (Å²) in [6.07, 6.45) is 2.03. The number of nitrogens with one attached hydrogen (secondary N) is 4. The van der Waals surface area contributed by atoms with E-state index in [9.17, 15) is 19.2 Å². The van der Waals surface area contributed by atoms with Crippen molar-refractivity contribution in [3.05, 3.63) is 38.9 Å². The first kappa shape index (κ1) is 25.5. The molecule has 0 spiro atoms. The molecule has 1 unspecified atom stereocenters. The average molecular weight is 508 g/mol. The predicted molar refractivity (Wildman–Crippen MR) is 128 cm³/mol. The Morgan fingerprint density at radius 2 is 2.00 bits per heavy atom. The first-order valence-corrected chi connectivity index (χ1v) is 11.9. The summed E-state index contributed by atoms with van der Waals surface area (Å²) in [5, 5.41) is 10.9. The van der Waals surface area contributed by atoms with E-state index in [0.29, 0.717) is 16.6 Å². The molecule has 0 aromatic carbocycles. The van der Waals surface area contributed by atoms with Crippen molar-refractivity contribution in [2.75, 3.05) is 32.0 Å². The Bertz CT molecular complexity index is 1060. The van der Waals surface area contributed by atoms with E-state index < -0.39 is 23.8 Å². The van der Waals surface area contributed by atoms with Crippen LogP contribution in [0.25, 0.3) is 0 Å². The van der Waals surface area contributed by atoms with Crippen LogP contribution in [0, 0.1) is 0 Å². The molecule has 0 bridgehead atoms. The molecule has 0 saturated heterocycles. The zero-order valence-corrected chi connectivity index (χ0v) is 20.4. The van der Waals surface area contributed by atoms with Gasteiger partial charge in [-0.05, 0) is 26.1 Å². The summed E-state index contributed by atoms with van der Waals surface area (Å²) in [5.74, 6) is -2.43. The molecule has 1 atom stereocenters. The molecule has 0 fully saturated rings. The van der Waals surface area contributed by atoms with E-state index in [2.05, 4.69) is 36.1 Å². The smallest absolute Gasteiger partial charge is 0.314 e. The Hall–Kier alpha value is -3.09. The fourth-order valence-electron chi connectivity index (χ4n) is 3.25. The number of fused-ring (bicyclic) bond motifs is 1. The fourth-order valence-corrected chi connectivity index (χ4v) is 4.46. The van der Waals surface area contributed by atoms with Crippen molar-refractivity contribution < 1.29 is 19.2 Å². The monoisotopic (exact) mass is 507 g/mol. The van der Waals surface area contributed by atoms with Crippen molar-refractivity contribution >= 4 is 52.4 Å². The third kappa shape index (κ3) is 7.20. The number of amides is 4. The van der Waals surface area contributed by atoms with Gasteiger partial charge in [0, 0.05) is 50.1 Å². The lowest BCUT2D eigenvalue weighted by Gasteiger charge is -2.20. The number of likely N-dealkylation sites (N-methyl/N-ethyl adjacent to an activating group) is 1. The second kappa shape index (κ2) is 11.9. The molecular formula is C21H26ClN7O4S. The van der Waals surface area contributed by atoms with Crippen molar-refractivity contribution in [2.24, 2.45) is 0 Å². The van der Waals surface area contributed by atoms with Crippen LogP contribution in [0.4, 0.5) is 5.82 Å². The summed E-state index contributed by atoms with van der Waals surface area (Å²) in [6, 6.07) is 2.24. The van der Waals surface area contributed by atoms with Crippen LogP contribution in [-0.2, 0) is 27.3 Å². The summed E-state index contributed by atoms with van der Waals surface area (Å²) in [6.45, 7) is 3.68. The lowest BCUT2D eigenvalue weighted by Crippen LogP contribution is -2.48. The Kier molecular flexibility index (Phi) is 8.91. The van der Waals surface area contributed by atoms with E-state index in [1.54, 1.807) is 6.92 Å². The molecule has 3 rings (SSSR count). The molecule has 4 N–H and O–H groups in total. The van der Waals surface area contributed by atoms with Gasteiger partial charge < -0.3 is 26.2 Å². The molecule has 1 aliphatic heterocycles. The van der Waals surface area contributed by atoms with Gasteiger partial charge in [0.05, 0.1) is 16.8 Å². The number of nitrogens with zero attached hydrogens (tertiary/aromatic N) is 3. The van der Waals surface area contributed by atoms with Gasteiger partial charge in [0.1, 0.15) is 5.82 Å². The third-order valence-electron chi connectivity index (χ3n) is 4.94. The van der Waals surface area contributed by atoms with Gasteiger partial charge in [-0.2, -0.15) is 0 Å². The van der Waals surface area contributed by atoms with E-state index in [1.807, 2.05) is 7.05 Å². The quantitative estimate of drug-likeness (QED) is 0.382. The molecule has 0 radical (unpaired) electrons. The molecule has 34 heavy (non-hydrogen) atoms. The molecule has 0 aliphatic carbocycles. The van der Waals surface area contributed by atoms with Crippen LogP contribution in [-0.4, -0.2) is 71.2 Å². The Morgan fingerprint density at radius 1 is 1.21 bits per heavy atom. The summed E-state index contributed by atoms with van der Waals surface area (Å²) in [7, 11) is 2.01. The Balaban J connectivity index is 1.60. The van der Waals surface area contributed by atoms with E-state index in [4.69, 9.17) is 11.6 Å². The van der Waals surface area contributed by atoms with Crippen LogP contribution in [0.15, 0.2) is 18.3 Å². The third-order valence-corrected chi connectivity index (χ3v) is 6.25. The van der Waals surface area contributed by atoms with Gasteiger partial charge in [-0.25, -0.2) is 9.97 Å². The number of hydrogen-bond acceptors (Lipinski definition) is 8. The van der Waals surface area contributed by atoms with Crippen molar-refractivity contribution in [1.82, 2.24) is 30.8 Å². The maximum absolute atomic E-state index is 12.8. The van der Waals surface area contributed by atoms with Gasteiger partial charge in [0.15, 0.2) is 5.01 Å². The molecule has 13 heteroatoms. The maximum Gasteiger partial charge on any atom is 0.314 e. The number of carbonyl (C=O) groups excluding carboxylic acids is 4. The SMILES string of the molecule is CCNC(=O)CC(CNC(=O)C(=O)Nc1ccc(Cl)cn1)NC(=O)c1nc2c(s1)CN(C)CC2. The van der Waals surface area contributed by atoms with Crippen molar-refractivity contribution in [3.8, 4) is 0 Å². The standard InChI is InChI=1S/C21H26ClN7O4S/c1-3-23-17(30)8-13(10-25-18(31)19(32)28-16-5-4-12(22)9-24-16)26-20(33)21-27-14-6-7-29(2)11-15(14)34-21/h4-5,9,13H,3,6-8,10-11H2,1-2H3,(H,23,30)(H,25,31)(H,26,33)(H,24,28,32). The molecular weight excluding hydrogens is 482 g/mol. The molecule has 2 aromatic heterocycles. The number of anilines is 1. The van der Waals surface area contributed by atoms with Gasteiger partial charge in [0.2, 0.25) is 5.91 Å². The van der Waals surface area contributed by atoms with Gasteiger partial charge in [-0.15, -0.1) is 11.3 Å². The van der Waals surface area contributed by atoms with Crippen molar-refractivity contribution in [3.63, 3.8) is 0 Å². The highest BCUT2D eigenvalue weighted by Gasteiger charge is 2.25. The number of halogens is 1. The number of thiazole rings is 1. The van der Waals surface area contributed by atoms with Crippen LogP contribution in [0.1, 0.15) is 33.7 Å². The maximum atomic E-state index is 12.8. The first-order valence-electron chi connectivity index (χ1n) is 10.7. The summed E-state index contributed by atoms with van der Waals surface area (Å²) in [4.78, 5) is 60.9. The largest absolute Gasteiger partial charge is 0.356 e. The number of aromatic nitrogens is 2. The van der Waals surface area contributed by atoms with Crippen LogP contribution >= 0.6 is 22.9 Å². The number of rotatable bonds is 8. The van der Waals surface area contributed by atoms with Crippen LogP contribution in [0.3, 0.4) is 0 Å². The van der Waals surface area contributed by atoms with Gasteiger partial charge in [-0.1, -0.05) is 11.6 Å². The number of hydrogen-bond donors (Lipinski definition) is 4. The zero-order valence-electron chi connectivity index (χ0n) is 18.8. The highest BCUT2D eigenvalue weighted by molar-refractivity contribution is 7.13. The highest BCUT2D eigenvalue weighted by Crippen LogP contribution is 2.24. The summed E-state index contributed by atoms with van der Waals surface area (Å²) >= 11 is 7.07. The molecule has 0 saturated carbocycles. The van der Waals surface area contributed by atoms with Crippen molar-refractivity contribution in [2.45, 2.75) is 32.4 Å².